The first-order valence-corrected chi connectivity index (χ1v) is 12.0. The van der Waals surface area contributed by atoms with E-state index in [9.17, 15) is 4.79 Å². The Kier molecular flexibility index (Phi) is 5.28. The molecule has 6 nitrogen and oxygen atoms in total. The van der Waals surface area contributed by atoms with Gasteiger partial charge >= 0.3 is 0 Å². The van der Waals surface area contributed by atoms with Gasteiger partial charge in [0.25, 0.3) is 0 Å². The van der Waals surface area contributed by atoms with Crippen molar-refractivity contribution in [3.8, 4) is 28.3 Å². The molecule has 1 aliphatic heterocycles. The van der Waals surface area contributed by atoms with E-state index in [0.29, 0.717) is 11.8 Å². The molecule has 34 heavy (non-hydrogen) atoms. The molecule has 1 atom stereocenters. The normalized spacial score (nSPS) is 17.9. The standard InChI is InChI=1S/C28H28N4O2/c1-34-24-12-10-21(11-13-24)20-4-6-22(7-5-20)27-30-26-25(3-2-15-29-26)32(27)18-19-14-16-31(17-19)28(33)23-8-9-23/h2-7,10-13,15,19,23H,8-9,14,16-18H2,1H3. The number of benzene rings is 2. The number of hydrogen-bond acceptors (Lipinski definition) is 4. The van der Waals surface area contributed by atoms with E-state index in [2.05, 4.69) is 56.9 Å². The number of ether oxygens (including phenoxy) is 1. The Bertz CT molecular complexity index is 1320. The van der Waals surface area contributed by atoms with Crippen LogP contribution >= 0.6 is 0 Å². The van der Waals surface area contributed by atoms with Gasteiger partial charge in [0.2, 0.25) is 5.91 Å². The van der Waals surface area contributed by atoms with Gasteiger partial charge in [-0.1, -0.05) is 36.4 Å². The van der Waals surface area contributed by atoms with Crippen LogP contribution in [0.15, 0.2) is 66.9 Å². The van der Waals surface area contributed by atoms with Crippen LogP contribution in [0.4, 0.5) is 0 Å². The van der Waals surface area contributed by atoms with Gasteiger partial charge in [-0.05, 0) is 60.6 Å². The molecule has 1 unspecified atom stereocenters. The summed E-state index contributed by atoms with van der Waals surface area (Å²) in [5.74, 6) is 2.86. The van der Waals surface area contributed by atoms with Crippen molar-refractivity contribution in [3.05, 3.63) is 66.9 Å². The molecule has 0 N–H and O–H groups in total. The Morgan fingerprint density at radius 1 is 0.971 bits per heavy atom. The Labute approximate surface area is 199 Å². The quantitative estimate of drug-likeness (QED) is 0.412. The third kappa shape index (κ3) is 3.94. The lowest BCUT2D eigenvalue weighted by Gasteiger charge is -2.17. The second kappa shape index (κ2) is 8.60. The fourth-order valence-electron chi connectivity index (χ4n) is 4.99. The zero-order chi connectivity index (χ0) is 23.1. The highest BCUT2D eigenvalue weighted by Gasteiger charge is 2.36. The molecular weight excluding hydrogens is 424 g/mol. The molecule has 6 rings (SSSR count). The third-order valence-corrected chi connectivity index (χ3v) is 7.06. The number of methoxy groups -OCH3 is 1. The topological polar surface area (TPSA) is 60.3 Å². The van der Waals surface area contributed by atoms with Crippen LogP contribution in [0.25, 0.3) is 33.7 Å². The van der Waals surface area contributed by atoms with Crippen LogP contribution in [0.3, 0.4) is 0 Å². The summed E-state index contributed by atoms with van der Waals surface area (Å²) < 4.78 is 7.57. The maximum atomic E-state index is 12.5. The van der Waals surface area contributed by atoms with Gasteiger partial charge in [-0.25, -0.2) is 9.97 Å². The molecule has 1 amide bonds. The van der Waals surface area contributed by atoms with E-state index >= 15 is 0 Å². The van der Waals surface area contributed by atoms with Crippen molar-refractivity contribution in [2.24, 2.45) is 11.8 Å². The maximum Gasteiger partial charge on any atom is 0.225 e. The SMILES string of the molecule is COc1ccc(-c2ccc(-c3nc4ncccc4n3CC3CCN(C(=O)C4CC4)C3)cc2)cc1. The number of amides is 1. The monoisotopic (exact) mass is 452 g/mol. The summed E-state index contributed by atoms with van der Waals surface area (Å²) in [5, 5.41) is 0. The number of pyridine rings is 1. The Morgan fingerprint density at radius 3 is 2.38 bits per heavy atom. The second-order valence-corrected chi connectivity index (χ2v) is 9.41. The maximum absolute atomic E-state index is 12.5. The molecule has 1 aliphatic carbocycles. The first-order chi connectivity index (χ1) is 16.7. The first kappa shape index (κ1) is 20.9. The minimum atomic E-state index is 0.289. The van der Waals surface area contributed by atoms with Crippen LogP contribution in [0.1, 0.15) is 19.3 Å². The van der Waals surface area contributed by atoms with Gasteiger partial charge in [0, 0.05) is 37.3 Å². The van der Waals surface area contributed by atoms with Gasteiger partial charge in [0.1, 0.15) is 11.6 Å². The summed E-state index contributed by atoms with van der Waals surface area (Å²) in [6.45, 7) is 2.55. The molecular formula is C28H28N4O2. The van der Waals surface area contributed by atoms with Gasteiger partial charge in [-0.2, -0.15) is 0 Å². The molecule has 2 fully saturated rings. The van der Waals surface area contributed by atoms with Crippen LogP contribution < -0.4 is 4.74 Å². The molecule has 2 aromatic carbocycles. The Hall–Kier alpha value is -3.67. The summed E-state index contributed by atoms with van der Waals surface area (Å²) in [4.78, 5) is 24.0. The Balaban J connectivity index is 1.28. The lowest BCUT2D eigenvalue weighted by molar-refractivity contribution is -0.131. The second-order valence-electron chi connectivity index (χ2n) is 9.41. The van der Waals surface area contributed by atoms with Gasteiger partial charge in [0.05, 0.1) is 12.6 Å². The number of carbonyl (C=O) groups excluding carboxylic acids is 1. The average Bonchev–Trinajstić information content (AvgIpc) is 3.53. The number of imidazole rings is 1. The van der Waals surface area contributed by atoms with Crippen molar-refractivity contribution in [2.75, 3.05) is 20.2 Å². The number of rotatable bonds is 6. The van der Waals surface area contributed by atoms with Crippen LogP contribution in [0, 0.1) is 11.8 Å². The average molecular weight is 453 g/mol. The molecule has 0 radical (unpaired) electrons. The van der Waals surface area contributed by atoms with Gasteiger partial charge in [-0.15, -0.1) is 0 Å². The van der Waals surface area contributed by atoms with Crippen LogP contribution in [0.5, 0.6) is 5.75 Å². The molecule has 6 heteroatoms. The molecule has 3 heterocycles. The summed E-state index contributed by atoms with van der Waals surface area (Å²) in [6, 6.07) is 20.7. The third-order valence-electron chi connectivity index (χ3n) is 7.06. The van der Waals surface area contributed by atoms with Crippen molar-refractivity contribution in [1.29, 1.82) is 0 Å². The van der Waals surface area contributed by atoms with E-state index in [1.54, 1.807) is 13.3 Å². The van der Waals surface area contributed by atoms with E-state index in [1.165, 1.54) is 0 Å². The largest absolute Gasteiger partial charge is 0.497 e. The van der Waals surface area contributed by atoms with Crippen LogP contribution in [-0.4, -0.2) is 45.5 Å². The minimum Gasteiger partial charge on any atom is -0.497 e. The van der Waals surface area contributed by atoms with E-state index in [-0.39, 0.29) is 5.92 Å². The first-order valence-electron chi connectivity index (χ1n) is 12.0. The number of nitrogens with zero attached hydrogens (tertiary/aromatic N) is 4. The van der Waals surface area contributed by atoms with Crippen molar-refractivity contribution in [1.82, 2.24) is 19.4 Å². The van der Waals surface area contributed by atoms with Crippen LogP contribution in [-0.2, 0) is 11.3 Å². The number of likely N-dealkylation sites (tertiary alicyclic amines) is 1. The minimum absolute atomic E-state index is 0.289. The van der Waals surface area contributed by atoms with Crippen LogP contribution in [0.2, 0.25) is 0 Å². The fraction of sp³-hybridized carbons (Fsp3) is 0.321. The lowest BCUT2D eigenvalue weighted by atomic mass is 10.0. The summed E-state index contributed by atoms with van der Waals surface area (Å²) in [6.07, 6.45) is 4.96. The summed E-state index contributed by atoms with van der Waals surface area (Å²) >= 11 is 0. The molecule has 1 saturated heterocycles. The predicted molar refractivity (Wildman–Crippen MR) is 132 cm³/mol. The number of aromatic nitrogens is 3. The number of carbonyl (C=O) groups is 1. The molecule has 2 aromatic heterocycles. The molecule has 172 valence electrons. The summed E-state index contributed by atoms with van der Waals surface area (Å²) in [7, 11) is 1.68. The van der Waals surface area contributed by atoms with E-state index in [1.807, 2.05) is 18.2 Å². The Morgan fingerprint density at radius 2 is 1.68 bits per heavy atom. The zero-order valence-electron chi connectivity index (χ0n) is 19.4. The van der Waals surface area contributed by atoms with Crippen molar-refractivity contribution < 1.29 is 9.53 Å². The van der Waals surface area contributed by atoms with Gasteiger partial charge in [-0.3, -0.25) is 4.79 Å². The van der Waals surface area contributed by atoms with Gasteiger partial charge < -0.3 is 14.2 Å². The van der Waals surface area contributed by atoms with Crippen molar-refractivity contribution in [2.45, 2.75) is 25.8 Å². The predicted octanol–water partition coefficient (Wildman–Crippen LogP) is 5.03. The molecule has 1 saturated carbocycles. The zero-order valence-corrected chi connectivity index (χ0v) is 19.4. The van der Waals surface area contributed by atoms with E-state index in [0.717, 1.165) is 78.3 Å². The smallest absolute Gasteiger partial charge is 0.225 e. The molecule has 0 spiro atoms. The fourth-order valence-corrected chi connectivity index (χ4v) is 4.99. The van der Waals surface area contributed by atoms with E-state index in [4.69, 9.17) is 9.72 Å². The highest BCUT2D eigenvalue weighted by Crippen LogP contribution is 2.34. The van der Waals surface area contributed by atoms with E-state index < -0.39 is 0 Å². The highest BCUT2D eigenvalue weighted by molar-refractivity contribution is 5.81. The summed E-state index contributed by atoms with van der Waals surface area (Å²) in [5.41, 5.74) is 5.18. The van der Waals surface area contributed by atoms with Gasteiger partial charge in [0.15, 0.2) is 5.65 Å². The molecule has 2 aliphatic rings. The highest BCUT2D eigenvalue weighted by atomic mass is 16.5. The van der Waals surface area contributed by atoms with Crippen molar-refractivity contribution >= 4 is 17.1 Å². The molecule has 4 aromatic rings. The number of fused-ring (bicyclic) bond motifs is 1. The molecule has 0 bridgehead atoms. The lowest BCUT2D eigenvalue weighted by Crippen LogP contribution is -2.30. The van der Waals surface area contributed by atoms with Crippen molar-refractivity contribution in [3.63, 3.8) is 0 Å². The number of hydrogen-bond donors (Lipinski definition) is 0.